The second-order valence-electron chi connectivity index (χ2n) is 5.74. The lowest BCUT2D eigenvalue weighted by Crippen LogP contribution is -2.33. The van der Waals surface area contributed by atoms with Crippen molar-refractivity contribution in [3.8, 4) is 0 Å². The SMILES string of the molecule is COC1=CC(=O)N[C@@H]1CCCCNC(=O)OC(C)(C)C. The zero-order valence-corrected chi connectivity index (χ0v) is 12.6. The molecule has 0 spiro atoms. The number of unbranched alkanes of at least 4 members (excludes halogenated alkanes) is 1. The van der Waals surface area contributed by atoms with Gasteiger partial charge >= 0.3 is 6.09 Å². The molecule has 0 saturated carbocycles. The minimum atomic E-state index is -0.476. The van der Waals surface area contributed by atoms with Gasteiger partial charge in [-0.3, -0.25) is 4.79 Å². The van der Waals surface area contributed by atoms with Crippen molar-refractivity contribution in [3.63, 3.8) is 0 Å². The molecule has 6 heteroatoms. The van der Waals surface area contributed by atoms with Crippen LogP contribution in [-0.2, 0) is 14.3 Å². The van der Waals surface area contributed by atoms with E-state index in [0.29, 0.717) is 12.3 Å². The molecule has 1 aliphatic heterocycles. The lowest BCUT2D eigenvalue weighted by Gasteiger charge is -2.19. The Bertz CT molecular complexity index is 385. The fourth-order valence-electron chi connectivity index (χ4n) is 1.91. The molecule has 0 bridgehead atoms. The number of nitrogens with one attached hydrogen (secondary N) is 2. The molecule has 0 radical (unpaired) electrons. The Morgan fingerprint density at radius 3 is 2.70 bits per heavy atom. The smallest absolute Gasteiger partial charge is 0.407 e. The Morgan fingerprint density at radius 1 is 1.40 bits per heavy atom. The van der Waals surface area contributed by atoms with Gasteiger partial charge in [0.2, 0.25) is 5.91 Å². The number of rotatable bonds is 6. The summed E-state index contributed by atoms with van der Waals surface area (Å²) in [6.45, 7) is 6.04. The van der Waals surface area contributed by atoms with Gasteiger partial charge in [0.05, 0.1) is 13.2 Å². The average Bonchev–Trinajstić information content (AvgIpc) is 2.67. The maximum atomic E-state index is 11.4. The molecule has 1 atom stereocenters. The van der Waals surface area contributed by atoms with Gasteiger partial charge in [-0.25, -0.2) is 4.79 Å². The highest BCUT2D eigenvalue weighted by molar-refractivity contribution is 5.91. The van der Waals surface area contributed by atoms with Crippen molar-refractivity contribution in [2.75, 3.05) is 13.7 Å². The standard InChI is InChI=1S/C14H24N2O4/c1-14(2,3)20-13(18)15-8-6-5-7-10-11(19-4)9-12(17)16-10/h9-10H,5-8H2,1-4H3,(H,15,18)(H,16,17)/t10-/m1/s1. The highest BCUT2D eigenvalue weighted by Gasteiger charge is 2.23. The third kappa shape index (κ3) is 5.95. The number of hydrogen-bond acceptors (Lipinski definition) is 4. The molecular weight excluding hydrogens is 260 g/mol. The fraction of sp³-hybridized carbons (Fsp3) is 0.714. The molecule has 114 valence electrons. The minimum Gasteiger partial charge on any atom is -0.499 e. The van der Waals surface area contributed by atoms with Gasteiger partial charge in [0, 0.05) is 12.6 Å². The number of hydrogen-bond donors (Lipinski definition) is 2. The van der Waals surface area contributed by atoms with E-state index >= 15 is 0 Å². The van der Waals surface area contributed by atoms with Crippen LogP contribution in [0.1, 0.15) is 40.0 Å². The topological polar surface area (TPSA) is 76.7 Å². The normalized spacial score (nSPS) is 18.3. The van der Waals surface area contributed by atoms with Crippen LogP contribution in [0.5, 0.6) is 0 Å². The number of amides is 2. The molecule has 0 fully saturated rings. The molecule has 1 rings (SSSR count). The first kappa shape index (κ1) is 16.3. The van der Waals surface area contributed by atoms with Crippen molar-refractivity contribution in [1.82, 2.24) is 10.6 Å². The van der Waals surface area contributed by atoms with E-state index in [0.717, 1.165) is 19.3 Å². The molecule has 0 unspecified atom stereocenters. The lowest BCUT2D eigenvalue weighted by atomic mass is 10.1. The largest absolute Gasteiger partial charge is 0.499 e. The van der Waals surface area contributed by atoms with Crippen LogP contribution in [0.25, 0.3) is 0 Å². The molecule has 1 aliphatic rings. The van der Waals surface area contributed by atoms with Crippen LogP contribution in [-0.4, -0.2) is 37.3 Å². The predicted molar refractivity (Wildman–Crippen MR) is 75.1 cm³/mol. The van der Waals surface area contributed by atoms with Crippen LogP contribution in [0.4, 0.5) is 4.79 Å². The van der Waals surface area contributed by atoms with E-state index in [9.17, 15) is 9.59 Å². The van der Waals surface area contributed by atoms with Crippen LogP contribution >= 0.6 is 0 Å². The average molecular weight is 284 g/mol. The van der Waals surface area contributed by atoms with Gasteiger partial charge in [-0.05, 0) is 40.0 Å². The second-order valence-corrected chi connectivity index (χ2v) is 5.74. The van der Waals surface area contributed by atoms with Gasteiger partial charge in [0.25, 0.3) is 0 Å². The lowest BCUT2D eigenvalue weighted by molar-refractivity contribution is -0.116. The summed E-state index contributed by atoms with van der Waals surface area (Å²) in [6.07, 6.45) is 3.57. The summed E-state index contributed by atoms with van der Waals surface area (Å²) >= 11 is 0. The number of ether oxygens (including phenoxy) is 2. The molecule has 2 N–H and O–H groups in total. The van der Waals surface area contributed by atoms with Crippen LogP contribution in [0.2, 0.25) is 0 Å². The molecular formula is C14H24N2O4. The Labute approximate surface area is 119 Å². The molecule has 1 heterocycles. The maximum Gasteiger partial charge on any atom is 0.407 e. The summed E-state index contributed by atoms with van der Waals surface area (Å²) in [6, 6.07) is -0.0472. The van der Waals surface area contributed by atoms with Crippen LogP contribution in [0, 0.1) is 0 Å². The molecule has 0 aliphatic carbocycles. The van der Waals surface area contributed by atoms with E-state index in [2.05, 4.69) is 10.6 Å². The first-order chi connectivity index (χ1) is 9.31. The summed E-state index contributed by atoms with van der Waals surface area (Å²) in [5.41, 5.74) is -0.476. The molecule has 20 heavy (non-hydrogen) atoms. The number of carbonyl (C=O) groups is 2. The van der Waals surface area contributed by atoms with Gasteiger partial charge < -0.3 is 20.1 Å². The summed E-state index contributed by atoms with van der Waals surface area (Å²) in [4.78, 5) is 22.6. The van der Waals surface area contributed by atoms with E-state index in [-0.39, 0.29) is 11.9 Å². The zero-order chi connectivity index (χ0) is 15.2. The number of methoxy groups -OCH3 is 1. The van der Waals surface area contributed by atoms with Crippen molar-refractivity contribution in [2.24, 2.45) is 0 Å². The Hall–Kier alpha value is -1.72. The van der Waals surface area contributed by atoms with Gasteiger partial charge in [0.15, 0.2) is 0 Å². The Kier molecular flexibility index (Phi) is 5.85. The Morgan fingerprint density at radius 2 is 2.10 bits per heavy atom. The van der Waals surface area contributed by atoms with Gasteiger partial charge in [-0.2, -0.15) is 0 Å². The van der Waals surface area contributed by atoms with Gasteiger partial charge in [0.1, 0.15) is 11.4 Å². The zero-order valence-electron chi connectivity index (χ0n) is 12.6. The first-order valence-electron chi connectivity index (χ1n) is 6.85. The van der Waals surface area contributed by atoms with E-state index < -0.39 is 11.7 Å². The molecule has 6 nitrogen and oxygen atoms in total. The van der Waals surface area contributed by atoms with Crippen LogP contribution in [0.3, 0.4) is 0 Å². The minimum absolute atomic E-state index is 0.0472. The summed E-state index contributed by atoms with van der Waals surface area (Å²) < 4.78 is 10.3. The summed E-state index contributed by atoms with van der Waals surface area (Å²) in [5.74, 6) is 0.564. The first-order valence-corrected chi connectivity index (χ1v) is 6.85. The third-order valence-corrected chi connectivity index (χ3v) is 2.76. The molecule has 0 saturated heterocycles. The van der Waals surface area contributed by atoms with E-state index in [1.807, 2.05) is 20.8 Å². The third-order valence-electron chi connectivity index (χ3n) is 2.76. The number of alkyl carbamates (subject to hydrolysis) is 1. The van der Waals surface area contributed by atoms with Crippen molar-refractivity contribution < 1.29 is 19.1 Å². The van der Waals surface area contributed by atoms with Crippen LogP contribution < -0.4 is 10.6 Å². The molecule has 0 aromatic rings. The summed E-state index contributed by atoms with van der Waals surface area (Å²) in [7, 11) is 1.56. The van der Waals surface area contributed by atoms with Crippen LogP contribution in [0.15, 0.2) is 11.8 Å². The van der Waals surface area contributed by atoms with Gasteiger partial charge in [-0.1, -0.05) is 0 Å². The second kappa shape index (κ2) is 7.17. The fourth-order valence-corrected chi connectivity index (χ4v) is 1.91. The van der Waals surface area contributed by atoms with Gasteiger partial charge in [-0.15, -0.1) is 0 Å². The van der Waals surface area contributed by atoms with Crippen molar-refractivity contribution in [3.05, 3.63) is 11.8 Å². The van der Waals surface area contributed by atoms with Crippen molar-refractivity contribution in [1.29, 1.82) is 0 Å². The highest BCUT2D eigenvalue weighted by Crippen LogP contribution is 2.15. The van der Waals surface area contributed by atoms with Crippen molar-refractivity contribution in [2.45, 2.75) is 51.7 Å². The molecule has 0 aromatic heterocycles. The highest BCUT2D eigenvalue weighted by atomic mass is 16.6. The van der Waals surface area contributed by atoms with E-state index in [1.54, 1.807) is 7.11 Å². The monoisotopic (exact) mass is 284 g/mol. The predicted octanol–water partition coefficient (Wildman–Crippen LogP) is 1.71. The van der Waals surface area contributed by atoms with E-state index in [4.69, 9.17) is 9.47 Å². The molecule has 2 amide bonds. The summed E-state index contributed by atoms with van der Waals surface area (Å²) in [5, 5.41) is 5.52. The maximum absolute atomic E-state index is 11.4. The number of carbonyl (C=O) groups excluding carboxylic acids is 2. The Balaban J connectivity index is 2.13. The van der Waals surface area contributed by atoms with E-state index in [1.165, 1.54) is 6.08 Å². The molecule has 0 aromatic carbocycles. The quantitative estimate of drug-likeness (QED) is 0.728. The van der Waals surface area contributed by atoms with Crippen molar-refractivity contribution >= 4 is 12.0 Å².